The monoisotopic (exact) mass is 355 g/mol. The van der Waals surface area contributed by atoms with E-state index in [1.54, 1.807) is 34.6 Å². The number of amides is 1. The number of alkyl carbamates (subject to hydrolysis) is 1. The second-order valence-corrected chi connectivity index (χ2v) is 6.99. The van der Waals surface area contributed by atoms with Crippen molar-refractivity contribution in [3.63, 3.8) is 0 Å². The van der Waals surface area contributed by atoms with Gasteiger partial charge >= 0.3 is 12.1 Å². The van der Waals surface area contributed by atoms with Gasteiger partial charge in [0.05, 0.1) is 0 Å². The van der Waals surface area contributed by atoms with Crippen molar-refractivity contribution in [3.05, 3.63) is 11.7 Å². The van der Waals surface area contributed by atoms with Crippen molar-refractivity contribution in [1.82, 2.24) is 15.5 Å². The van der Waals surface area contributed by atoms with E-state index in [0.29, 0.717) is 6.42 Å². The Labute approximate surface area is 146 Å². The number of carboxylic acid groups (broad SMARTS) is 1. The molecule has 0 aliphatic rings. The summed E-state index contributed by atoms with van der Waals surface area (Å²) in [4.78, 5) is 38.9. The van der Waals surface area contributed by atoms with Crippen LogP contribution in [0.4, 0.5) is 4.79 Å². The third-order valence-electron chi connectivity index (χ3n) is 3.09. The molecule has 0 saturated carbocycles. The molecule has 1 aromatic heterocycles. The Morgan fingerprint density at radius 1 is 1.28 bits per heavy atom. The number of nitrogens with one attached hydrogen (secondary N) is 1. The summed E-state index contributed by atoms with van der Waals surface area (Å²) in [6.45, 7) is 8.71. The number of aromatic nitrogens is 2. The summed E-state index contributed by atoms with van der Waals surface area (Å²) in [6.07, 6.45) is -0.141. The number of aryl methyl sites for hydroxylation is 1. The fraction of sp³-hybridized carbons (Fsp3) is 0.688. The first kappa shape index (κ1) is 20.6. The molecule has 2 N–H and O–H groups in total. The zero-order chi connectivity index (χ0) is 19.2. The molecule has 0 aromatic carbocycles. The summed E-state index contributed by atoms with van der Waals surface area (Å²) in [5.74, 6) is -1.59. The van der Waals surface area contributed by atoms with Crippen LogP contribution in [-0.4, -0.2) is 44.7 Å². The largest absolute Gasteiger partial charge is 0.481 e. The van der Waals surface area contributed by atoms with Gasteiger partial charge in [-0.1, -0.05) is 19.0 Å². The van der Waals surface area contributed by atoms with Crippen LogP contribution < -0.4 is 5.32 Å². The minimum atomic E-state index is -0.919. The SMILES string of the molecule is CC(C)[C@H](NC(=O)OC(C)(C)C)C(=O)c1noc(CCCC(=O)O)n1. The Morgan fingerprint density at radius 3 is 2.44 bits per heavy atom. The number of carbonyl (C=O) groups excluding carboxylic acids is 2. The predicted octanol–water partition coefficient (Wildman–Crippen LogP) is 2.21. The number of hydrogen-bond donors (Lipinski definition) is 2. The molecule has 1 rings (SSSR count). The minimum Gasteiger partial charge on any atom is -0.481 e. The summed E-state index contributed by atoms with van der Waals surface area (Å²) in [6, 6.07) is -0.862. The average molecular weight is 355 g/mol. The summed E-state index contributed by atoms with van der Waals surface area (Å²) in [5, 5.41) is 14.8. The van der Waals surface area contributed by atoms with E-state index in [1.807, 2.05) is 0 Å². The fourth-order valence-electron chi connectivity index (χ4n) is 1.96. The van der Waals surface area contributed by atoms with Gasteiger partial charge < -0.3 is 19.7 Å². The van der Waals surface area contributed by atoms with Gasteiger partial charge in [-0.2, -0.15) is 4.98 Å². The first-order valence-corrected chi connectivity index (χ1v) is 8.07. The topological polar surface area (TPSA) is 132 Å². The highest BCUT2D eigenvalue weighted by atomic mass is 16.6. The molecule has 140 valence electrons. The van der Waals surface area contributed by atoms with Gasteiger partial charge in [0.15, 0.2) is 0 Å². The summed E-state index contributed by atoms with van der Waals surface area (Å²) >= 11 is 0. The molecule has 9 heteroatoms. The van der Waals surface area contributed by atoms with Gasteiger partial charge in [-0.15, -0.1) is 0 Å². The molecule has 0 spiro atoms. The number of aliphatic carboxylic acids is 1. The van der Waals surface area contributed by atoms with Gasteiger partial charge in [0, 0.05) is 12.8 Å². The lowest BCUT2D eigenvalue weighted by Crippen LogP contribution is -2.46. The molecule has 0 bridgehead atoms. The van der Waals surface area contributed by atoms with Crippen molar-refractivity contribution in [3.8, 4) is 0 Å². The Bertz CT molecular complexity index is 618. The first-order valence-electron chi connectivity index (χ1n) is 8.07. The smallest absolute Gasteiger partial charge is 0.408 e. The van der Waals surface area contributed by atoms with Crippen LogP contribution in [0.3, 0.4) is 0 Å². The van der Waals surface area contributed by atoms with Gasteiger partial charge in [0.25, 0.3) is 0 Å². The number of ketones is 1. The lowest BCUT2D eigenvalue weighted by Gasteiger charge is -2.24. The Morgan fingerprint density at radius 2 is 1.92 bits per heavy atom. The summed E-state index contributed by atoms with van der Waals surface area (Å²) in [7, 11) is 0. The molecule has 0 aliphatic carbocycles. The molecule has 0 aliphatic heterocycles. The van der Waals surface area contributed by atoms with E-state index < -0.39 is 29.5 Å². The second kappa shape index (κ2) is 8.59. The third kappa shape index (κ3) is 7.32. The van der Waals surface area contributed by atoms with E-state index in [-0.39, 0.29) is 30.5 Å². The molecule has 25 heavy (non-hydrogen) atoms. The molecule has 1 aromatic rings. The molecule has 1 atom stereocenters. The van der Waals surface area contributed by atoms with Gasteiger partial charge in [0.2, 0.25) is 17.5 Å². The summed E-state index contributed by atoms with van der Waals surface area (Å²) in [5.41, 5.74) is -0.682. The quantitative estimate of drug-likeness (QED) is 0.678. The number of ether oxygens (including phenoxy) is 1. The van der Waals surface area contributed by atoms with Crippen LogP contribution in [0.25, 0.3) is 0 Å². The molecule has 9 nitrogen and oxygen atoms in total. The maximum absolute atomic E-state index is 12.5. The normalized spacial score (nSPS) is 12.7. The van der Waals surface area contributed by atoms with E-state index in [1.165, 1.54) is 0 Å². The molecule has 0 saturated heterocycles. The predicted molar refractivity (Wildman–Crippen MR) is 87.2 cm³/mol. The molecular weight excluding hydrogens is 330 g/mol. The Kier molecular flexibility index (Phi) is 7.08. The third-order valence-corrected chi connectivity index (χ3v) is 3.09. The highest BCUT2D eigenvalue weighted by Crippen LogP contribution is 2.12. The zero-order valence-corrected chi connectivity index (χ0v) is 15.2. The Hall–Kier alpha value is -2.45. The number of Topliss-reactive ketones (excluding diaryl/α,β-unsaturated/α-hetero) is 1. The lowest BCUT2D eigenvalue weighted by atomic mass is 9.99. The van der Waals surface area contributed by atoms with E-state index >= 15 is 0 Å². The molecule has 0 radical (unpaired) electrons. The van der Waals surface area contributed by atoms with Crippen LogP contribution in [0, 0.1) is 5.92 Å². The maximum Gasteiger partial charge on any atom is 0.408 e. The zero-order valence-electron chi connectivity index (χ0n) is 15.2. The molecular formula is C16H25N3O6. The van der Waals surface area contributed by atoms with Crippen LogP contribution in [0.2, 0.25) is 0 Å². The number of hydrogen-bond acceptors (Lipinski definition) is 7. The lowest BCUT2D eigenvalue weighted by molar-refractivity contribution is -0.137. The van der Waals surface area contributed by atoms with E-state index in [9.17, 15) is 14.4 Å². The van der Waals surface area contributed by atoms with Gasteiger partial charge in [-0.25, -0.2) is 4.79 Å². The van der Waals surface area contributed by atoms with Crippen molar-refractivity contribution < 1.29 is 28.8 Å². The standard InChI is InChI=1S/C16H25N3O6/c1-9(2)12(18-15(23)24-16(3,4)5)13(22)14-17-10(25-19-14)7-6-8-11(20)21/h9,12H,6-8H2,1-5H3,(H,18,23)(H,20,21)/t12-/m0/s1. The van der Waals surface area contributed by atoms with Gasteiger partial charge in [-0.3, -0.25) is 9.59 Å². The van der Waals surface area contributed by atoms with Crippen molar-refractivity contribution in [2.45, 2.75) is 65.5 Å². The molecule has 1 amide bonds. The van der Waals surface area contributed by atoms with Crippen LogP contribution in [0.5, 0.6) is 0 Å². The van der Waals surface area contributed by atoms with Crippen LogP contribution in [0.15, 0.2) is 4.52 Å². The van der Waals surface area contributed by atoms with Crippen LogP contribution in [-0.2, 0) is 16.0 Å². The van der Waals surface area contributed by atoms with E-state index in [2.05, 4.69) is 15.5 Å². The molecule has 0 fully saturated rings. The number of carbonyl (C=O) groups is 3. The van der Waals surface area contributed by atoms with Gasteiger partial charge in [0.1, 0.15) is 11.6 Å². The number of rotatable bonds is 8. The van der Waals surface area contributed by atoms with Gasteiger partial charge in [-0.05, 0) is 33.1 Å². The molecule has 0 unspecified atom stereocenters. The number of nitrogens with zero attached hydrogens (tertiary/aromatic N) is 2. The van der Waals surface area contributed by atoms with E-state index in [4.69, 9.17) is 14.4 Å². The van der Waals surface area contributed by atoms with E-state index in [0.717, 1.165) is 0 Å². The fourth-order valence-corrected chi connectivity index (χ4v) is 1.96. The van der Waals surface area contributed by atoms with Crippen molar-refractivity contribution in [2.75, 3.05) is 0 Å². The first-order chi connectivity index (χ1) is 11.5. The maximum atomic E-state index is 12.5. The van der Waals surface area contributed by atoms with Crippen LogP contribution in [0.1, 0.15) is 64.0 Å². The van der Waals surface area contributed by atoms with Crippen LogP contribution >= 0.6 is 0 Å². The second-order valence-electron chi connectivity index (χ2n) is 6.99. The highest BCUT2D eigenvalue weighted by Gasteiger charge is 2.30. The molecule has 1 heterocycles. The minimum absolute atomic E-state index is 0.0273. The average Bonchev–Trinajstić information content (AvgIpc) is 2.90. The van der Waals surface area contributed by atoms with Crippen molar-refractivity contribution in [2.24, 2.45) is 5.92 Å². The highest BCUT2D eigenvalue weighted by molar-refractivity contribution is 5.98. The Balaban J connectivity index is 2.74. The van der Waals surface area contributed by atoms with Crippen molar-refractivity contribution in [1.29, 1.82) is 0 Å². The summed E-state index contributed by atoms with van der Waals surface area (Å²) < 4.78 is 10.1. The van der Waals surface area contributed by atoms with Crippen molar-refractivity contribution >= 4 is 17.8 Å². The number of carboxylic acids is 1.